The minimum absolute atomic E-state index is 0.00659. The fourth-order valence-corrected chi connectivity index (χ4v) is 2.45. The van der Waals surface area contributed by atoms with Gasteiger partial charge >= 0.3 is 0 Å². The number of hydrogen-bond donors (Lipinski definition) is 0. The average Bonchev–Trinajstić information content (AvgIpc) is 2.71. The second-order valence-electron chi connectivity index (χ2n) is 5.41. The summed E-state index contributed by atoms with van der Waals surface area (Å²) in [6.45, 7) is 5.03. The van der Waals surface area contributed by atoms with Crippen LogP contribution >= 0.6 is 0 Å². The van der Waals surface area contributed by atoms with Gasteiger partial charge in [-0.05, 0) is 38.3 Å². The summed E-state index contributed by atoms with van der Waals surface area (Å²) in [5, 5.41) is 0. The summed E-state index contributed by atoms with van der Waals surface area (Å²) in [6, 6.07) is 4.69. The maximum Gasteiger partial charge on any atom is 0.263 e. The Bertz CT molecular complexity index is 468. The molecule has 1 saturated heterocycles. The van der Waals surface area contributed by atoms with E-state index in [0.717, 1.165) is 25.9 Å². The highest BCUT2D eigenvalue weighted by molar-refractivity contribution is 5.80. The van der Waals surface area contributed by atoms with Crippen LogP contribution < -0.4 is 4.74 Å². The number of benzene rings is 1. The van der Waals surface area contributed by atoms with Gasteiger partial charge in [-0.3, -0.25) is 4.79 Å². The van der Waals surface area contributed by atoms with E-state index in [-0.39, 0.29) is 11.7 Å². The number of halogens is 1. The molecule has 1 heterocycles. The van der Waals surface area contributed by atoms with E-state index in [0.29, 0.717) is 11.3 Å². The van der Waals surface area contributed by atoms with Gasteiger partial charge in [0, 0.05) is 19.2 Å². The highest BCUT2D eigenvalue weighted by Crippen LogP contribution is 2.18. The normalized spacial score (nSPS) is 17.4. The van der Waals surface area contributed by atoms with Gasteiger partial charge in [0.2, 0.25) is 0 Å². The largest absolute Gasteiger partial charge is 0.481 e. The van der Waals surface area contributed by atoms with E-state index in [1.54, 1.807) is 26.0 Å². The smallest absolute Gasteiger partial charge is 0.263 e. The van der Waals surface area contributed by atoms with Crippen LogP contribution in [0.1, 0.15) is 38.2 Å². The van der Waals surface area contributed by atoms with E-state index in [2.05, 4.69) is 0 Å². The Labute approximate surface area is 119 Å². The maximum absolute atomic E-state index is 13.5. The number of nitrogens with zero attached hydrogens (tertiary/aromatic N) is 1. The van der Waals surface area contributed by atoms with Gasteiger partial charge in [0.15, 0.2) is 6.10 Å². The predicted molar refractivity (Wildman–Crippen MR) is 76.3 cm³/mol. The molecule has 1 aromatic rings. The van der Waals surface area contributed by atoms with Crippen molar-refractivity contribution in [3.8, 4) is 5.75 Å². The van der Waals surface area contributed by atoms with Gasteiger partial charge in [0.05, 0.1) is 0 Å². The van der Waals surface area contributed by atoms with Crippen molar-refractivity contribution in [1.82, 2.24) is 4.90 Å². The first-order valence-corrected chi connectivity index (χ1v) is 7.29. The van der Waals surface area contributed by atoms with Gasteiger partial charge in [0.1, 0.15) is 11.6 Å². The van der Waals surface area contributed by atoms with Crippen molar-refractivity contribution in [2.24, 2.45) is 0 Å². The van der Waals surface area contributed by atoms with Crippen LogP contribution in [0.25, 0.3) is 0 Å². The lowest BCUT2D eigenvalue weighted by Gasteiger charge is -2.24. The standard InChI is InChI=1S/C16H22FNO2/c1-12-7-8-14(11-15(12)17)20-13(2)16(19)18-9-5-3-4-6-10-18/h7-8,11,13H,3-6,9-10H2,1-2H3. The molecule has 0 saturated carbocycles. The summed E-state index contributed by atoms with van der Waals surface area (Å²) in [5.74, 6) is 0.0913. The summed E-state index contributed by atoms with van der Waals surface area (Å²) < 4.78 is 19.0. The van der Waals surface area contributed by atoms with Crippen LogP contribution in [0.4, 0.5) is 4.39 Å². The van der Waals surface area contributed by atoms with E-state index >= 15 is 0 Å². The number of likely N-dealkylation sites (tertiary alicyclic amines) is 1. The Hall–Kier alpha value is -1.58. The van der Waals surface area contributed by atoms with Crippen molar-refractivity contribution in [3.05, 3.63) is 29.6 Å². The van der Waals surface area contributed by atoms with Gasteiger partial charge in [-0.15, -0.1) is 0 Å². The van der Waals surface area contributed by atoms with Crippen molar-refractivity contribution in [3.63, 3.8) is 0 Å². The molecule has 20 heavy (non-hydrogen) atoms. The number of carbonyl (C=O) groups is 1. The van der Waals surface area contributed by atoms with E-state index in [9.17, 15) is 9.18 Å². The van der Waals surface area contributed by atoms with E-state index in [1.165, 1.54) is 18.9 Å². The third-order valence-corrected chi connectivity index (χ3v) is 3.72. The minimum Gasteiger partial charge on any atom is -0.481 e. The molecule has 1 fully saturated rings. The van der Waals surface area contributed by atoms with E-state index in [4.69, 9.17) is 4.74 Å². The van der Waals surface area contributed by atoms with Crippen LogP contribution in [0.5, 0.6) is 5.75 Å². The molecule has 1 atom stereocenters. The zero-order valence-corrected chi connectivity index (χ0v) is 12.2. The van der Waals surface area contributed by atoms with Crippen LogP contribution in [-0.2, 0) is 4.79 Å². The molecule has 0 spiro atoms. The number of rotatable bonds is 3. The fraction of sp³-hybridized carbons (Fsp3) is 0.562. The average molecular weight is 279 g/mol. The zero-order chi connectivity index (χ0) is 14.5. The van der Waals surface area contributed by atoms with Crippen molar-refractivity contribution >= 4 is 5.91 Å². The molecule has 1 aromatic carbocycles. The van der Waals surface area contributed by atoms with E-state index in [1.807, 2.05) is 4.90 Å². The first kappa shape index (κ1) is 14.8. The summed E-state index contributed by atoms with van der Waals surface area (Å²) in [5.41, 5.74) is 0.573. The molecule has 1 aliphatic rings. The molecule has 1 unspecified atom stereocenters. The highest BCUT2D eigenvalue weighted by atomic mass is 19.1. The first-order chi connectivity index (χ1) is 9.58. The van der Waals surface area contributed by atoms with Crippen molar-refractivity contribution in [2.45, 2.75) is 45.6 Å². The Balaban J connectivity index is 1.97. The SMILES string of the molecule is Cc1ccc(OC(C)C(=O)N2CCCCCC2)cc1F. The summed E-state index contributed by atoms with van der Waals surface area (Å²) in [7, 11) is 0. The summed E-state index contributed by atoms with van der Waals surface area (Å²) >= 11 is 0. The van der Waals surface area contributed by atoms with Crippen molar-refractivity contribution in [2.75, 3.05) is 13.1 Å². The lowest BCUT2D eigenvalue weighted by molar-refractivity contribution is -0.137. The first-order valence-electron chi connectivity index (χ1n) is 7.29. The van der Waals surface area contributed by atoms with Gasteiger partial charge in [0.25, 0.3) is 5.91 Å². The molecule has 2 rings (SSSR count). The number of hydrogen-bond acceptors (Lipinski definition) is 2. The molecule has 1 aliphatic heterocycles. The Morgan fingerprint density at radius 3 is 2.50 bits per heavy atom. The lowest BCUT2D eigenvalue weighted by Crippen LogP contribution is -2.41. The highest BCUT2D eigenvalue weighted by Gasteiger charge is 2.22. The van der Waals surface area contributed by atoms with Gasteiger partial charge in [-0.1, -0.05) is 18.9 Å². The van der Waals surface area contributed by atoms with Crippen molar-refractivity contribution < 1.29 is 13.9 Å². The predicted octanol–water partition coefficient (Wildman–Crippen LogP) is 3.30. The van der Waals surface area contributed by atoms with Crippen LogP contribution in [0.2, 0.25) is 0 Å². The zero-order valence-electron chi connectivity index (χ0n) is 12.2. The van der Waals surface area contributed by atoms with Gasteiger partial charge < -0.3 is 9.64 Å². The monoisotopic (exact) mass is 279 g/mol. The number of ether oxygens (including phenoxy) is 1. The molecule has 3 nitrogen and oxygen atoms in total. The fourth-order valence-electron chi connectivity index (χ4n) is 2.45. The van der Waals surface area contributed by atoms with Gasteiger partial charge in [-0.2, -0.15) is 0 Å². The van der Waals surface area contributed by atoms with Crippen LogP contribution in [0.3, 0.4) is 0 Å². The van der Waals surface area contributed by atoms with Crippen LogP contribution in [0, 0.1) is 12.7 Å². The molecule has 0 radical (unpaired) electrons. The van der Waals surface area contributed by atoms with Gasteiger partial charge in [-0.25, -0.2) is 4.39 Å². The van der Waals surface area contributed by atoms with E-state index < -0.39 is 6.10 Å². The van der Waals surface area contributed by atoms with Crippen LogP contribution in [0.15, 0.2) is 18.2 Å². The third-order valence-electron chi connectivity index (χ3n) is 3.72. The molecule has 0 aliphatic carbocycles. The molecule has 0 aromatic heterocycles. The van der Waals surface area contributed by atoms with Crippen LogP contribution in [-0.4, -0.2) is 30.0 Å². The molecule has 4 heteroatoms. The quantitative estimate of drug-likeness (QED) is 0.849. The third kappa shape index (κ3) is 3.71. The number of aryl methyl sites for hydroxylation is 1. The molecular formula is C16H22FNO2. The molecule has 1 amide bonds. The van der Waals surface area contributed by atoms with Crippen molar-refractivity contribution in [1.29, 1.82) is 0 Å². The Kier molecular flexibility index (Phi) is 4.99. The molecule has 110 valence electrons. The Morgan fingerprint density at radius 2 is 1.90 bits per heavy atom. The molecule has 0 bridgehead atoms. The topological polar surface area (TPSA) is 29.5 Å². The summed E-state index contributed by atoms with van der Waals surface area (Å²) in [6.07, 6.45) is 3.90. The second-order valence-corrected chi connectivity index (χ2v) is 5.41. The maximum atomic E-state index is 13.5. The molecular weight excluding hydrogens is 257 g/mol. The molecule has 0 N–H and O–H groups in total. The number of carbonyl (C=O) groups excluding carboxylic acids is 1. The lowest BCUT2D eigenvalue weighted by atomic mass is 10.2. The summed E-state index contributed by atoms with van der Waals surface area (Å²) in [4.78, 5) is 14.2. The Morgan fingerprint density at radius 1 is 1.25 bits per heavy atom. The number of amides is 1. The second kappa shape index (κ2) is 6.73. The minimum atomic E-state index is -0.574.